The van der Waals surface area contributed by atoms with Crippen LogP contribution in [0.4, 0.5) is 5.69 Å². The number of anilines is 1. The van der Waals surface area contributed by atoms with E-state index in [1.54, 1.807) is 32.0 Å². The maximum Gasteiger partial charge on any atom is 0.239 e. The first kappa shape index (κ1) is 17.5. The molecule has 0 aromatic heterocycles. The smallest absolute Gasteiger partial charge is 0.239 e. The minimum atomic E-state index is -1.20. The van der Waals surface area contributed by atoms with Gasteiger partial charge in [-0.15, -0.1) is 0 Å². The number of amides is 2. The molecule has 2 heterocycles. The summed E-state index contributed by atoms with van der Waals surface area (Å²) in [4.78, 5) is 25.0. The normalized spacial score (nSPS) is 19.4. The maximum absolute atomic E-state index is 12.6. The second kappa shape index (κ2) is 7.31. The molecule has 2 aliphatic heterocycles. The largest absolute Gasteiger partial charge is 0.486 e. The molecule has 2 aliphatic rings. The zero-order valence-electron chi connectivity index (χ0n) is 14.6. The molecule has 7 nitrogen and oxygen atoms in total. The van der Waals surface area contributed by atoms with Gasteiger partial charge in [0, 0.05) is 24.9 Å². The summed E-state index contributed by atoms with van der Waals surface area (Å²) in [6.07, 6.45) is 1.99. The van der Waals surface area contributed by atoms with E-state index in [0.29, 0.717) is 36.9 Å². The van der Waals surface area contributed by atoms with Gasteiger partial charge in [0.25, 0.3) is 0 Å². The van der Waals surface area contributed by atoms with Crippen molar-refractivity contribution in [2.24, 2.45) is 5.41 Å². The van der Waals surface area contributed by atoms with Gasteiger partial charge in [0.2, 0.25) is 11.8 Å². The van der Waals surface area contributed by atoms with Crippen molar-refractivity contribution in [3.63, 3.8) is 0 Å². The summed E-state index contributed by atoms with van der Waals surface area (Å²) >= 11 is 0. The molecular formula is C18H24N2O5. The van der Waals surface area contributed by atoms with Gasteiger partial charge in [-0.2, -0.15) is 0 Å². The van der Waals surface area contributed by atoms with E-state index in [1.807, 2.05) is 0 Å². The fraction of sp³-hybridized carbons (Fsp3) is 0.556. The van der Waals surface area contributed by atoms with E-state index in [0.717, 1.165) is 19.4 Å². The third kappa shape index (κ3) is 4.04. The second-order valence-corrected chi connectivity index (χ2v) is 6.78. The lowest BCUT2D eigenvalue weighted by atomic mass is 9.90. The molecular weight excluding hydrogens is 324 g/mol. The van der Waals surface area contributed by atoms with Crippen molar-refractivity contribution in [2.45, 2.75) is 32.8 Å². The Balaban J connectivity index is 1.59. The Kier molecular flexibility index (Phi) is 5.13. The van der Waals surface area contributed by atoms with Gasteiger partial charge in [0.05, 0.1) is 6.10 Å². The summed E-state index contributed by atoms with van der Waals surface area (Å²) in [5.41, 5.74) is -0.638. The standard InChI is InChI=1S/C18H24N2O5/c1-18(2,16(21)19-11-13-4-3-7-23-13)17(22)20-12-5-6-14-15(10-12)25-9-8-24-14/h5-6,10,13H,3-4,7-9,11H2,1-2H3,(H,19,21)(H,20,22). The van der Waals surface area contributed by atoms with Gasteiger partial charge in [0.1, 0.15) is 18.6 Å². The molecule has 1 fully saturated rings. The Morgan fingerprint density at radius 3 is 2.60 bits per heavy atom. The van der Waals surface area contributed by atoms with Crippen LogP contribution in [-0.2, 0) is 14.3 Å². The molecule has 1 aromatic carbocycles. The summed E-state index contributed by atoms with van der Waals surface area (Å²) in [6, 6.07) is 5.17. The maximum atomic E-state index is 12.6. The number of carbonyl (C=O) groups is 2. The lowest BCUT2D eigenvalue weighted by Gasteiger charge is -2.24. The number of hydrogen-bond donors (Lipinski definition) is 2. The number of fused-ring (bicyclic) bond motifs is 1. The van der Waals surface area contributed by atoms with E-state index in [2.05, 4.69) is 10.6 Å². The van der Waals surface area contributed by atoms with E-state index in [-0.39, 0.29) is 17.9 Å². The quantitative estimate of drug-likeness (QED) is 0.792. The highest BCUT2D eigenvalue weighted by Gasteiger charge is 2.36. The molecule has 1 atom stereocenters. The Morgan fingerprint density at radius 2 is 1.88 bits per heavy atom. The molecule has 1 unspecified atom stereocenters. The summed E-state index contributed by atoms with van der Waals surface area (Å²) < 4.78 is 16.4. The first-order valence-corrected chi connectivity index (χ1v) is 8.58. The predicted octanol–water partition coefficient (Wildman–Crippen LogP) is 1.72. The number of ether oxygens (including phenoxy) is 3. The number of carbonyl (C=O) groups excluding carboxylic acids is 2. The fourth-order valence-electron chi connectivity index (χ4n) is 2.74. The average Bonchev–Trinajstić information content (AvgIpc) is 3.13. The average molecular weight is 348 g/mol. The zero-order chi connectivity index (χ0) is 17.9. The molecule has 0 bridgehead atoms. The predicted molar refractivity (Wildman–Crippen MR) is 91.8 cm³/mol. The molecule has 25 heavy (non-hydrogen) atoms. The van der Waals surface area contributed by atoms with Crippen LogP contribution in [0, 0.1) is 5.41 Å². The van der Waals surface area contributed by atoms with Gasteiger partial charge in [-0.05, 0) is 38.8 Å². The topological polar surface area (TPSA) is 85.9 Å². The molecule has 1 saturated heterocycles. The van der Waals surface area contributed by atoms with Crippen LogP contribution in [0.2, 0.25) is 0 Å². The van der Waals surface area contributed by atoms with Crippen molar-refractivity contribution >= 4 is 17.5 Å². The monoisotopic (exact) mass is 348 g/mol. The summed E-state index contributed by atoms with van der Waals surface area (Å²) in [7, 11) is 0. The molecule has 2 N–H and O–H groups in total. The molecule has 2 amide bonds. The first-order chi connectivity index (χ1) is 12.0. The van der Waals surface area contributed by atoms with Crippen molar-refractivity contribution in [1.82, 2.24) is 5.32 Å². The molecule has 0 spiro atoms. The third-order valence-electron chi connectivity index (χ3n) is 4.45. The number of nitrogens with one attached hydrogen (secondary N) is 2. The van der Waals surface area contributed by atoms with Crippen molar-refractivity contribution in [3.05, 3.63) is 18.2 Å². The Bertz CT molecular complexity index is 653. The van der Waals surface area contributed by atoms with Crippen LogP contribution < -0.4 is 20.1 Å². The minimum absolute atomic E-state index is 0.0422. The van der Waals surface area contributed by atoms with E-state index in [4.69, 9.17) is 14.2 Å². The number of rotatable bonds is 5. The summed E-state index contributed by atoms with van der Waals surface area (Å²) in [6.45, 7) is 5.35. The Morgan fingerprint density at radius 1 is 1.12 bits per heavy atom. The third-order valence-corrected chi connectivity index (χ3v) is 4.45. The van der Waals surface area contributed by atoms with Crippen molar-refractivity contribution < 1.29 is 23.8 Å². The lowest BCUT2D eigenvalue weighted by Crippen LogP contribution is -2.47. The van der Waals surface area contributed by atoms with Gasteiger partial charge >= 0.3 is 0 Å². The lowest BCUT2D eigenvalue weighted by molar-refractivity contribution is -0.138. The van der Waals surface area contributed by atoms with Crippen LogP contribution >= 0.6 is 0 Å². The molecule has 0 saturated carbocycles. The van der Waals surface area contributed by atoms with E-state index >= 15 is 0 Å². The van der Waals surface area contributed by atoms with E-state index in [9.17, 15) is 9.59 Å². The van der Waals surface area contributed by atoms with Crippen molar-refractivity contribution in [2.75, 3.05) is 31.7 Å². The SMILES string of the molecule is CC(C)(C(=O)NCC1CCCO1)C(=O)Nc1ccc2c(c1)OCCO2. The van der Waals surface area contributed by atoms with E-state index < -0.39 is 5.41 Å². The van der Waals surface area contributed by atoms with Crippen LogP contribution in [0.5, 0.6) is 11.5 Å². The highest BCUT2D eigenvalue weighted by atomic mass is 16.6. The molecule has 7 heteroatoms. The van der Waals surface area contributed by atoms with Gasteiger partial charge in [0.15, 0.2) is 11.5 Å². The van der Waals surface area contributed by atoms with Gasteiger partial charge in [-0.3, -0.25) is 9.59 Å². The van der Waals surface area contributed by atoms with Crippen LogP contribution in [0.3, 0.4) is 0 Å². The van der Waals surface area contributed by atoms with E-state index in [1.165, 1.54) is 0 Å². The van der Waals surface area contributed by atoms with Crippen LogP contribution in [-0.4, -0.2) is 44.3 Å². The first-order valence-electron chi connectivity index (χ1n) is 8.58. The minimum Gasteiger partial charge on any atom is -0.486 e. The van der Waals surface area contributed by atoms with Crippen molar-refractivity contribution in [1.29, 1.82) is 0 Å². The Labute approximate surface area is 147 Å². The van der Waals surface area contributed by atoms with Crippen LogP contribution in [0.15, 0.2) is 18.2 Å². The van der Waals surface area contributed by atoms with Gasteiger partial charge in [-0.25, -0.2) is 0 Å². The zero-order valence-corrected chi connectivity index (χ0v) is 14.6. The molecule has 0 aliphatic carbocycles. The van der Waals surface area contributed by atoms with Crippen molar-refractivity contribution in [3.8, 4) is 11.5 Å². The highest BCUT2D eigenvalue weighted by molar-refractivity contribution is 6.09. The van der Waals surface area contributed by atoms with Crippen LogP contribution in [0.1, 0.15) is 26.7 Å². The fourth-order valence-corrected chi connectivity index (χ4v) is 2.74. The van der Waals surface area contributed by atoms with Crippen LogP contribution in [0.25, 0.3) is 0 Å². The molecule has 3 rings (SSSR count). The second-order valence-electron chi connectivity index (χ2n) is 6.78. The molecule has 1 aromatic rings. The van der Waals surface area contributed by atoms with Gasteiger partial charge < -0.3 is 24.8 Å². The summed E-state index contributed by atoms with van der Waals surface area (Å²) in [5.74, 6) is 0.537. The Hall–Kier alpha value is -2.28. The molecule has 136 valence electrons. The summed E-state index contributed by atoms with van der Waals surface area (Å²) in [5, 5.41) is 5.59. The molecule has 0 radical (unpaired) electrons. The number of hydrogen-bond acceptors (Lipinski definition) is 5. The number of benzene rings is 1. The highest BCUT2D eigenvalue weighted by Crippen LogP contribution is 2.33. The van der Waals surface area contributed by atoms with Gasteiger partial charge in [-0.1, -0.05) is 0 Å².